The third-order valence-electron chi connectivity index (χ3n) is 3.84. The van der Waals surface area contributed by atoms with Crippen LogP contribution in [0.3, 0.4) is 0 Å². The molecule has 98 valence electrons. The van der Waals surface area contributed by atoms with Crippen molar-refractivity contribution in [2.75, 3.05) is 19.0 Å². The van der Waals surface area contributed by atoms with Gasteiger partial charge in [0.25, 0.3) is 0 Å². The summed E-state index contributed by atoms with van der Waals surface area (Å²) in [6.45, 7) is 1.00. The molecule has 1 heterocycles. The summed E-state index contributed by atoms with van der Waals surface area (Å²) in [6.07, 6.45) is 5.59. The molecule has 0 spiro atoms. The fourth-order valence-electron chi connectivity index (χ4n) is 2.53. The lowest BCUT2D eigenvalue weighted by Gasteiger charge is -2.15. The number of thiazole rings is 1. The van der Waals surface area contributed by atoms with Gasteiger partial charge in [-0.15, -0.1) is 11.3 Å². The van der Waals surface area contributed by atoms with Crippen molar-refractivity contribution in [2.24, 2.45) is 17.8 Å². The minimum absolute atomic E-state index is 0.361. The molecule has 0 bridgehead atoms. The summed E-state index contributed by atoms with van der Waals surface area (Å²) in [4.78, 5) is 15.5. The van der Waals surface area contributed by atoms with E-state index in [1.54, 1.807) is 5.38 Å². The predicted octanol–water partition coefficient (Wildman–Crippen LogP) is 2.78. The van der Waals surface area contributed by atoms with Crippen molar-refractivity contribution in [3.63, 3.8) is 0 Å². The summed E-state index contributed by atoms with van der Waals surface area (Å²) >= 11 is 1.48. The molecule has 0 atom stereocenters. The van der Waals surface area contributed by atoms with Crippen LogP contribution in [-0.2, 0) is 4.74 Å². The molecule has 2 saturated carbocycles. The molecule has 18 heavy (non-hydrogen) atoms. The van der Waals surface area contributed by atoms with Gasteiger partial charge < -0.3 is 10.1 Å². The zero-order valence-corrected chi connectivity index (χ0v) is 11.3. The molecule has 0 radical (unpaired) electrons. The van der Waals surface area contributed by atoms with Crippen LogP contribution in [0.1, 0.15) is 36.2 Å². The third kappa shape index (κ3) is 2.66. The number of hydrogen-bond donors (Lipinski definition) is 1. The van der Waals surface area contributed by atoms with Crippen molar-refractivity contribution in [3.05, 3.63) is 11.1 Å². The first-order valence-corrected chi connectivity index (χ1v) is 7.43. The number of methoxy groups -OCH3 is 1. The molecule has 2 aliphatic carbocycles. The monoisotopic (exact) mass is 266 g/mol. The van der Waals surface area contributed by atoms with E-state index in [4.69, 9.17) is 0 Å². The molecule has 4 nitrogen and oxygen atoms in total. The fourth-order valence-corrected chi connectivity index (χ4v) is 3.22. The number of nitrogens with one attached hydrogen (secondary N) is 1. The standard InChI is InChI=1S/C13H18N2O2S/c1-17-12(16)11-7-18-13(15-11)14-6-10(8-2-3-8)9-4-5-9/h7-10H,2-6H2,1H3,(H,14,15). The topological polar surface area (TPSA) is 51.2 Å². The van der Waals surface area contributed by atoms with Crippen molar-refractivity contribution in [2.45, 2.75) is 25.7 Å². The zero-order chi connectivity index (χ0) is 12.5. The van der Waals surface area contributed by atoms with Gasteiger partial charge in [-0.05, 0) is 43.4 Å². The smallest absolute Gasteiger partial charge is 0.357 e. The van der Waals surface area contributed by atoms with Crippen LogP contribution < -0.4 is 5.32 Å². The van der Waals surface area contributed by atoms with Crippen LogP contribution in [0.25, 0.3) is 0 Å². The van der Waals surface area contributed by atoms with Crippen LogP contribution >= 0.6 is 11.3 Å². The Kier molecular flexibility index (Phi) is 3.24. The number of ether oxygens (including phenoxy) is 1. The van der Waals surface area contributed by atoms with Gasteiger partial charge in [-0.1, -0.05) is 0 Å². The van der Waals surface area contributed by atoms with Crippen LogP contribution in [0.5, 0.6) is 0 Å². The van der Waals surface area contributed by atoms with Crippen molar-refractivity contribution in [3.8, 4) is 0 Å². The fraction of sp³-hybridized carbons (Fsp3) is 0.692. The van der Waals surface area contributed by atoms with E-state index in [-0.39, 0.29) is 5.97 Å². The number of rotatable bonds is 6. The molecular formula is C13H18N2O2S. The van der Waals surface area contributed by atoms with E-state index >= 15 is 0 Å². The van der Waals surface area contributed by atoms with E-state index < -0.39 is 0 Å². The Bertz CT molecular complexity index is 426. The number of esters is 1. The van der Waals surface area contributed by atoms with Gasteiger partial charge in [0.15, 0.2) is 10.8 Å². The van der Waals surface area contributed by atoms with Crippen molar-refractivity contribution < 1.29 is 9.53 Å². The second-order valence-corrected chi connectivity index (χ2v) is 6.11. The maximum Gasteiger partial charge on any atom is 0.357 e. The first-order chi connectivity index (χ1) is 8.78. The number of anilines is 1. The largest absolute Gasteiger partial charge is 0.464 e. The third-order valence-corrected chi connectivity index (χ3v) is 4.64. The highest BCUT2D eigenvalue weighted by Gasteiger charge is 2.41. The normalized spacial score (nSPS) is 19.0. The maximum absolute atomic E-state index is 11.3. The first-order valence-electron chi connectivity index (χ1n) is 6.55. The molecule has 1 aromatic heterocycles. The average Bonchev–Trinajstić information content (AvgIpc) is 3.29. The SMILES string of the molecule is COC(=O)c1csc(NCC(C2CC2)C2CC2)n1. The molecule has 0 unspecified atom stereocenters. The van der Waals surface area contributed by atoms with Crippen molar-refractivity contribution in [1.29, 1.82) is 0 Å². The van der Waals surface area contributed by atoms with Crippen LogP contribution in [-0.4, -0.2) is 24.6 Å². The summed E-state index contributed by atoms with van der Waals surface area (Å²) in [5, 5.41) is 5.97. The van der Waals surface area contributed by atoms with Gasteiger partial charge in [0, 0.05) is 11.9 Å². The summed E-state index contributed by atoms with van der Waals surface area (Å²) in [6, 6.07) is 0. The van der Waals surface area contributed by atoms with E-state index in [2.05, 4.69) is 15.0 Å². The number of carbonyl (C=O) groups excluding carboxylic acids is 1. The minimum Gasteiger partial charge on any atom is -0.464 e. The summed E-state index contributed by atoms with van der Waals surface area (Å²) in [5.74, 6) is 2.32. The number of nitrogens with zero attached hydrogens (tertiary/aromatic N) is 1. The van der Waals surface area contributed by atoms with Gasteiger partial charge in [-0.3, -0.25) is 0 Å². The van der Waals surface area contributed by atoms with E-state index in [9.17, 15) is 4.79 Å². The van der Waals surface area contributed by atoms with Gasteiger partial charge in [0.05, 0.1) is 7.11 Å². The number of aromatic nitrogens is 1. The molecule has 3 rings (SSSR count). The first kappa shape index (κ1) is 12.0. The van der Waals surface area contributed by atoms with Crippen LogP contribution in [0, 0.1) is 17.8 Å². The second kappa shape index (κ2) is 4.88. The van der Waals surface area contributed by atoms with Crippen molar-refractivity contribution >= 4 is 22.4 Å². The van der Waals surface area contributed by atoms with Gasteiger partial charge in [0.2, 0.25) is 0 Å². The molecule has 0 aromatic carbocycles. The molecule has 2 fully saturated rings. The van der Waals surface area contributed by atoms with Gasteiger partial charge in [-0.2, -0.15) is 0 Å². The molecule has 0 aliphatic heterocycles. The highest BCUT2D eigenvalue weighted by Crippen LogP contribution is 2.49. The van der Waals surface area contributed by atoms with Crippen molar-refractivity contribution in [1.82, 2.24) is 4.98 Å². The molecule has 0 amide bonds. The second-order valence-electron chi connectivity index (χ2n) is 5.25. The Balaban J connectivity index is 1.55. The Morgan fingerprint density at radius 3 is 2.72 bits per heavy atom. The molecule has 5 heteroatoms. The maximum atomic E-state index is 11.3. The van der Waals surface area contributed by atoms with Gasteiger partial charge in [0.1, 0.15) is 0 Å². The summed E-state index contributed by atoms with van der Waals surface area (Å²) < 4.78 is 4.65. The molecule has 2 aliphatic rings. The predicted molar refractivity (Wildman–Crippen MR) is 70.9 cm³/mol. The van der Waals surface area contributed by atoms with E-state index in [0.29, 0.717) is 5.69 Å². The summed E-state index contributed by atoms with van der Waals surface area (Å²) in [5.41, 5.74) is 0.402. The highest BCUT2D eigenvalue weighted by atomic mass is 32.1. The highest BCUT2D eigenvalue weighted by molar-refractivity contribution is 7.13. The molecule has 1 aromatic rings. The lowest BCUT2D eigenvalue weighted by atomic mass is 9.98. The van der Waals surface area contributed by atoms with Crippen LogP contribution in [0.15, 0.2) is 5.38 Å². The van der Waals surface area contributed by atoms with E-state index in [1.807, 2.05) is 0 Å². The van der Waals surface area contributed by atoms with Gasteiger partial charge >= 0.3 is 5.97 Å². The molecule has 0 saturated heterocycles. The minimum atomic E-state index is -0.361. The Morgan fingerprint density at radius 2 is 2.17 bits per heavy atom. The van der Waals surface area contributed by atoms with Gasteiger partial charge in [-0.25, -0.2) is 9.78 Å². The quantitative estimate of drug-likeness (QED) is 0.804. The number of carbonyl (C=O) groups is 1. The lowest BCUT2D eigenvalue weighted by molar-refractivity contribution is 0.0595. The Hall–Kier alpha value is -1.10. The summed E-state index contributed by atoms with van der Waals surface area (Å²) in [7, 11) is 1.38. The Labute approximate surface area is 111 Å². The zero-order valence-electron chi connectivity index (χ0n) is 10.5. The van der Waals surface area contributed by atoms with E-state index in [1.165, 1.54) is 44.1 Å². The molecule has 1 N–H and O–H groups in total. The number of hydrogen-bond acceptors (Lipinski definition) is 5. The molecular weight excluding hydrogens is 248 g/mol. The van der Waals surface area contributed by atoms with Crippen LogP contribution in [0.2, 0.25) is 0 Å². The van der Waals surface area contributed by atoms with Crippen LogP contribution in [0.4, 0.5) is 5.13 Å². The van der Waals surface area contributed by atoms with E-state index in [0.717, 1.165) is 29.4 Å². The lowest BCUT2D eigenvalue weighted by Crippen LogP contribution is -2.18. The average molecular weight is 266 g/mol. The Morgan fingerprint density at radius 1 is 1.50 bits per heavy atom.